The van der Waals surface area contributed by atoms with Gasteiger partial charge < -0.3 is 23.9 Å². The number of methoxy groups -OCH3 is 2. The molecule has 1 aliphatic heterocycles. The van der Waals surface area contributed by atoms with Crippen molar-refractivity contribution < 1.29 is 33.0 Å². The summed E-state index contributed by atoms with van der Waals surface area (Å²) in [5.41, 5.74) is 1.68. The molecule has 0 atom stereocenters. The molecule has 10 nitrogen and oxygen atoms in total. The molecule has 1 saturated heterocycles. The van der Waals surface area contributed by atoms with Gasteiger partial charge >= 0.3 is 12.0 Å². The van der Waals surface area contributed by atoms with Gasteiger partial charge in [-0.3, -0.25) is 9.69 Å². The molecule has 0 saturated carbocycles. The number of nitriles is 1. The Morgan fingerprint density at radius 3 is 2.67 bits per heavy atom. The summed E-state index contributed by atoms with van der Waals surface area (Å²) in [5, 5.41) is 11.9. The van der Waals surface area contributed by atoms with Gasteiger partial charge in [0.25, 0.3) is 5.91 Å². The normalized spacial score (nSPS) is 13.9. The molecule has 3 amide bonds. The standard InChI is InChI=1S/C26H21N3O7/c1-33-21-9-5-8-16(23(21)35-15-18-7-4-3-6-17(18)13-27)12-20-24(30)29(26(32)28-20)14-19-10-11-22(36-19)25(31)34-2/h3-12H,14-15H2,1-2H3,(H,28,32)/b20-12+. The van der Waals surface area contributed by atoms with Crippen molar-refractivity contribution in [2.24, 2.45) is 0 Å². The minimum Gasteiger partial charge on any atom is -0.493 e. The van der Waals surface area contributed by atoms with E-state index in [1.54, 1.807) is 42.5 Å². The molecule has 0 aliphatic carbocycles. The van der Waals surface area contributed by atoms with Crippen LogP contribution in [0.5, 0.6) is 11.5 Å². The number of hydrogen-bond donors (Lipinski definition) is 1. The van der Waals surface area contributed by atoms with Crippen LogP contribution in [0, 0.1) is 11.3 Å². The van der Waals surface area contributed by atoms with Gasteiger partial charge in [0.05, 0.1) is 32.4 Å². The zero-order valence-electron chi connectivity index (χ0n) is 19.4. The third kappa shape index (κ3) is 4.90. The van der Waals surface area contributed by atoms with Crippen LogP contribution in [0.2, 0.25) is 0 Å². The van der Waals surface area contributed by atoms with E-state index in [0.717, 1.165) is 4.90 Å². The first-order chi connectivity index (χ1) is 17.4. The van der Waals surface area contributed by atoms with Gasteiger partial charge in [0.15, 0.2) is 11.5 Å². The number of nitrogens with zero attached hydrogens (tertiary/aromatic N) is 2. The maximum Gasteiger partial charge on any atom is 0.373 e. The number of para-hydroxylation sites is 1. The number of nitrogens with one attached hydrogen (secondary N) is 1. The molecule has 1 fully saturated rings. The van der Waals surface area contributed by atoms with Gasteiger partial charge in [0, 0.05) is 11.1 Å². The number of carbonyl (C=O) groups is 3. The van der Waals surface area contributed by atoms with Crippen LogP contribution in [-0.4, -0.2) is 37.0 Å². The fourth-order valence-electron chi connectivity index (χ4n) is 3.57. The molecule has 182 valence electrons. The second kappa shape index (κ2) is 10.5. The number of imide groups is 1. The van der Waals surface area contributed by atoms with Crippen molar-refractivity contribution in [1.82, 2.24) is 10.2 Å². The van der Waals surface area contributed by atoms with Crippen LogP contribution >= 0.6 is 0 Å². The van der Waals surface area contributed by atoms with Crippen molar-refractivity contribution in [3.63, 3.8) is 0 Å². The Bertz CT molecular complexity index is 1400. The maximum atomic E-state index is 13.0. The number of carbonyl (C=O) groups excluding carboxylic acids is 3. The Labute approximate surface area is 206 Å². The fraction of sp³-hybridized carbons (Fsp3) is 0.154. The topological polar surface area (TPSA) is 131 Å². The number of hydrogen-bond acceptors (Lipinski definition) is 8. The third-order valence-electron chi connectivity index (χ3n) is 5.36. The molecular weight excluding hydrogens is 466 g/mol. The molecule has 10 heteroatoms. The molecule has 0 unspecified atom stereocenters. The number of esters is 1. The van der Waals surface area contributed by atoms with Gasteiger partial charge in [-0.1, -0.05) is 30.3 Å². The summed E-state index contributed by atoms with van der Waals surface area (Å²) in [5.74, 6) is -0.289. The van der Waals surface area contributed by atoms with E-state index in [1.165, 1.54) is 32.4 Å². The van der Waals surface area contributed by atoms with Crippen molar-refractivity contribution in [3.8, 4) is 17.6 Å². The Morgan fingerprint density at radius 1 is 1.11 bits per heavy atom. The lowest BCUT2D eigenvalue weighted by Crippen LogP contribution is -2.30. The van der Waals surface area contributed by atoms with Crippen LogP contribution < -0.4 is 14.8 Å². The first kappa shape index (κ1) is 24.1. The average molecular weight is 487 g/mol. The van der Waals surface area contributed by atoms with Crippen molar-refractivity contribution in [2.45, 2.75) is 13.2 Å². The highest BCUT2D eigenvalue weighted by Crippen LogP contribution is 2.34. The number of amides is 3. The fourth-order valence-corrected chi connectivity index (χ4v) is 3.57. The quantitative estimate of drug-likeness (QED) is 0.290. The number of rotatable bonds is 8. The monoisotopic (exact) mass is 487 g/mol. The second-order valence-corrected chi connectivity index (χ2v) is 7.57. The minimum atomic E-state index is -0.665. The summed E-state index contributed by atoms with van der Waals surface area (Å²) >= 11 is 0. The lowest BCUT2D eigenvalue weighted by atomic mass is 10.1. The third-order valence-corrected chi connectivity index (χ3v) is 5.36. The Kier molecular flexibility index (Phi) is 7.02. The first-order valence-corrected chi connectivity index (χ1v) is 10.7. The van der Waals surface area contributed by atoms with E-state index in [0.29, 0.717) is 28.2 Å². The van der Waals surface area contributed by atoms with Gasteiger partial charge in [0.1, 0.15) is 18.1 Å². The van der Waals surface area contributed by atoms with Gasteiger partial charge in [0.2, 0.25) is 5.76 Å². The SMILES string of the molecule is COC(=O)c1ccc(CN2C(=O)N/C(=C/c3cccc(OC)c3OCc3ccccc3C#N)C2=O)o1. The van der Waals surface area contributed by atoms with Crippen LogP contribution in [0.1, 0.15) is 33.0 Å². The van der Waals surface area contributed by atoms with Crippen molar-refractivity contribution in [2.75, 3.05) is 14.2 Å². The summed E-state index contributed by atoms with van der Waals surface area (Å²) < 4.78 is 21.4. The van der Waals surface area contributed by atoms with E-state index >= 15 is 0 Å². The number of ether oxygens (including phenoxy) is 3. The molecule has 1 N–H and O–H groups in total. The van der Waals surface area contributed by atoms with E-state index in [9.17, 15) is 19.6 Å². The zero-order valence-corrected chi connectivity index (χ0v) is 19.4. The lowest BCUT2D eigenvalue weighted by molar-refractivity contribution is -0.123. The molecular formula is C26H21N3O7. The Balaban J connectivity index is 1.57. The second-order valence-electron chi connectivity index (χ2n) is 7.57. The Morgan fingerprint density at radius 2 is 1.92 bits per heavy atom. The highest BCUT2D eigenvalue weighted by Gasteiger charge is 2.34. The summed E-state index contributed by atoms with van der Waals surface area (Å²) in [7, 11) is 2.70. The lowest BCUT2D eigenvalue weighted by Gasteiger charge is -2.14. The van der Waals surface area contributed by atoms with Crippen LogP contribution in [0.4, 0.5) is 4.79 Å². The van der Waals surface area contributed by atoms with Crippen molar-refractivity contribution >= 4 is 24.0 Å². The molecule has 4 rings (SSSR count). The van der Waals surface area contributed by atoms with Crippen molar-refractivity contribution in [1.29, 1.82) is 5.26 Å². The molecule has 2 aromatic carbocycles. The van der Waals surface area contributed by atoms with E-state index in [2.05, 4.69) is 16.1 Å². The number of benzene rings is 2. The van der Waals surface area contributed by atoms with E-state index in [-0.39, 0.29) is 30.4 Å². The predicted octanol–water partition coefficient (Wildman–Crippen LogP) is 3.62. The molecule has 2 heterocycles. The predicted molar refractivity (Wildman–Crippen MR) is 126 cm³/mol. The molecule has 0 spiro atoms. The molecule has 3 aromatic rings. The zero-order chi connectivity index (χ0) is 25.7. The van der Waals surface area contributed by atoms with Crippen molar-refractivity contribution in [3.05, 3.63) is 88.5 Å². The molecule has 36 heavy (non-hydrogen) atoms. The minimum absolute atomic E-state index is 0.0234. The largest absolute Gasteiger partial charge is 0.493 e. The van der Waals surface area contributed by atoms with Gasteiger partial charge in [-0.05, 0) is 30.3 Å². The number of urea groups is 1. The summed E-state index contributed by atoms with van der Waals surface area (Å²) in [6.45, 7) is -0.0842. The molecule has 1 aromatic heterocycles. The van der Waals surface area contributed by atoms with Gasteiger partial charge in [-0.25, -0.2) is 9.59 Å². The summed E-state index contributed by atoms with van der Waals surface area (Å²) in [6, 6.07) is 16.5. The summed E-state index contributed by atoms with van der Waals surface area (Å²) in [6.07, 6.45) is 1.48. The van der Waals surface area contributed by atoms with Crippen LogP contribution in [0.3, 0.4) is 0 Å². The van der Waals surface area contributed by atoms with E-state index < -0.39 is 17.9 Å². The number of furan rings is 1. The Hall–Kier alpha value is -5.04. The molecule has 0 radical (unpaired) electrons. The highest BCUT2D eigenvalue weighted by atomic mass is 16.5. The van der Waals surface area contributed by atoms with E-state index in [4.69, 9.17) is 13.9 Å². The van der Waals surface area contributed by atoms with Crippen LogP contribution in [0.15, 0.2) is 64.7 Å². The smallest absolute Gasteiger partial charge is 0.373 e. The van der Waals surface area contributed by atoms with Crippen LogP contribution in [0.25, 0.3) is 6.08 Å². The first-order valence-electron chi connectivity index (χ1n) is 10.7. The van der Waals surface area contributed by atoms with Gasteiger partial charge in [-0.15, -0.1) is 0 Å². The van der Waals surface area contributed by atoms with Crippen LogP contribution in [-0.2, 0) is 22.7 Å². The summed E-state index contributed by atoms with van der Waals surface area (Å²) in [4.78, 5) is 38.0. The maximum absolute atomic E-state index is 13.0. The molecule has 0 bridgehead atoms. The highest BCUT2D eigenvalue weighted by molar-refractivity contribution is 6.14. The van der Waals surface area contributed by atoms with E-state index in [1.807, 2.05) is 0 Å². The van der Waals surface area contributed by atoms with Gasteiger partial charge in [-0.2, -0.15) is 5.26 Å². The molecule has 1 aliphatic rings. The average Bonchev–Trinajstić information content (AvgIpc) is 3.47.